The van der Waals surface area contributed by atoms with Gasteiger partial charge in [-0.2, -0.15) is 4.98 Å². The van der Waals surface area contributed by atoms with Gasteiger partial charge in [-0.25, -0.2) is 0 Å². The number of aromatic nitrogens is 2. The zero-order valence-corrected chi connectivity index (χ0v) is 12.4. The van der Waals surface area contributed by atoms with E-state index in [9.17, 15) is 5.11 Å². The Hall–Kier alpha value is -1.92. The lowest BCUT2D eigenvalue weighted by Gasteiger charge is -2.05. The van der Waals surface area contributed by atoms with E-state index in [1.54, 1.807) is 7.11 Å². The van der Waals surface area contributed by atoms with Crippen LogP contribution in [0.2, 0.25) is 0 Å². The largest absolute Gasteiger partial charge is 0.507 e. The molecule has 1 fully saturated rings. The van der Waals surface area contributed by atoms with Crippen LogP contribution in [0.3, 0.4) is 0 Å². The Labute approximate surface area is 123 Å². The van der Waals surface area contributed by atoms with Crippen molar-refractivity contribution in [2.45, 2.75) is 32.4 Å². The third-order valence-electron chi connectivity index (χ3n) is 3.91. The lowest BCUT2D eigenvalue weighted by molar-refractivity contribution is 0.116. The highest BCUT2D eigenvalue weighted by atomic mass is 16.5. The van der Waals surface area contributed by atoms with Crippen molar-refractivity contribution in [3.8, 4) is 17.1 Å². The molecule has 2 atom stereocenters. The van der Waals surface area contributed by atoms with Gasteiger partial charge in [-0.05, 0) is 43.5 Å². The van der Waals surface area contributed by atoms with Crippen LogP contribution in [0.4, 0.5) is 0 Å². The summed E-state index contributed by atoms with van der Waals surface area (Å²) in [6, 6.07) is 3.75. The van der Waals surface area contributed by atoms with Gasteiger partial charge < -0.3 is 19.7 Å². The van der Waals surface area contributed by atoms with E-state index in [4.69, 9.17) is 9.26 Å². The maximum atomic E-state index is 9.82. The molecular weight excluding hydrogens is 270 g/mol. The van der Waals surface area contributed by atoms with Crippen molar-refractivity contribution in [3.63, 3.8) is 0 Å². The number of phenolic OH excluding ortho intramolecular Hbond substituents is 1. The Morgan fingerprint density at radius 1 is 1.33 bits per heavy atom. The van der Waals surface area contributed by atoms with Gasteiger partial charge in [0.15, 0.2) is 0 Å². The standard InChI is InChI=1S/C15H19N3O3/c1-8-4-10(5-9(2)13(8)19)14-17-15(21-18-14)12-6-11(20-3)7-16-12/h4-5,11-12,16,19H,6-7H2,1-3H3. The normalized spacial score (nSPS) is 21.9. The molecule has 0 amide bonds. The minimum atomic E-state index is 0.0375. The molecule has 3 rings (SSSR count). The number of rotatable bonds is 3. The topological polar surface area (TPSA) is 80.4 Å². The monoisotopic (exact) mass is 289 g/mol. The maximum absolute atomic E-state index is 9.82. The van der Waals surface area contributed by atoms with Crippen LogP contribution in [-0.4, -0.2) is 35.0 Å². The molecule has 1 aliphatic rings. The number of hydrogen-bond acceptors (Lipinski definition) is 6. The third kappa shape index (κ3) is 2.64. The van der Waals surface area contributed by atoms with Crippen molar-refractivity contribution in [1.29, 1.82) is 0 Å². The summed E-state index contributed by atoms with van der Waals surface area (Å²) in [5.41, 5.74) is 2.45. The molecule has 2 N–H and O–H groups in total. The zero-order chi connectivity index (χ0) is 15.0. The summed E-state index contributed by atoms with van der Waals surface area (Å²) < 4.78 is 10.7. The number of nitrogens with zero attached hydrogens (tertiary/aromatic N) is 2. The molecule has 0 radical (unpaired) electrons. The van der Waals surface area contributed by atoms with Crippen molar-refractivity contribution in [3.05, 3.63) is 29.2 Å². The molecule has 0 spiro atoms. The molecule has 2 heterocycles. The molecule has 1 aromatic carbocycles. The maximum Gasteiger partial charge on any atom is 0.244 e. The second-order valence-electron chi connectivity index (χ2n) is 5.47. The summed E-state index contributed by atoms with van der Waals surface area (Å²) in [6.07, 6.45) is 1.01. The summed E-state index contributed by atoms with van der Waals surface area (Å²) in [5, 5.41) is 17.2. The van der Waals surface area contributed by atoms with Crippen LogP contribution in [0.1, 0.15) is 29.5 Å². The Balaban J connectivity index is 1.85. The lowest BCUT2D eigenvalue weighted by Crippen LogP contribution is -2.16. The van der Waals surface area contributed by atoms with Gasteiger partial charge in [-0.3, -0.25) is 0 Å². The van der Waals surface area contributed by atoms with Gasteiger partial charge in [0, 0.05) is 19.2 Å². The average Bonchev–Trinajstić information content (AvgIpc) is 3.12. The van der Waals surface area contributed by atoms with Gasteiger partial charge in [0.1, 0.15) is 5.75 Å². The van der Waals surface area contributed by atoms with Crippen molar-refractivity contribution in [2.24, 2.45) is 0 Å². The predicted octanol–water partition coefficient (Wildman–Crippen LogP) is 2.11. The summed E-state index contributed by atoms with van der Waals surface area (Å²) in [6.45, 7) is 4.50. The number of nitrogens with one attached hydrogen (secondary N) is 1. The fourth-order valence-electron chi connectivity index (χ4n) is 2.65. The van der Waals surface area contributed by atoms with Crippen LogP contribution in [0.5, 0.6) is 5.75 Å². The number of hydrogen-bond donors (Lipinski definition) is 2. The highest BCUT2D eigenvalue weighted by molar-refractivity contribution is 5.60. The third-order valence-corrected chi connectivity index (χ3v) is 3.91. The van der Waals surface area contributed by atoms with Crippen LogP contribution >= 0.6 is 0 Å². The Morgan fingerprint density at radius 2 is 2.05 bits per heavy atom. The number of aryl methyl sites for hydroxylation is 2. The van der Waals surface area contributed by atoms with Gasteiger partial charge in [-0.1, -0.05) is 5.16 Å². The molecular formula is C15H19N3O3. The van der Waals surface area contributed by atoms with Gasteiger partial charge in [0.05, 0.1) is 12.1 Å². The highest BCUT2D eigenvalue weighted by Gasteiger charge is 2.29. The molecule has 2 unspecified atom stereocenters. The Morgan fingerprint density at radius 3 is 2.67 bits per heavy atom. The second-order valence-corrected chi connectivity index (χ2v) is 5.47. The first-order valence-electron chi connectivity index (χ1n) is 6.99. The van der Waals surface area contributed by atoms with Gasteiger partial charge in [0.25, 0.3) is 0 Å². The molecule has 112 valence electrons. The summed E-state index contributed by atoms with van der Waals surface area (Å²) >= 11 is 0. The van der Waals surface area contributed by atoms with E-state index >= 15 is 0 Å². The van der Waals surface area contributed by atoms with Crippen molar-refractivity contribution < 1.29 is 14.4 Å². The molecule has 2 aromatic rings. The van der Waals surface area contributed by atoms with Gasteiger partial charge >= 0.3 is 0 Å². The molecule has 6 nitrogen and oxygen atoms in total. The quantitative estimate of drug-likeness (QED) is 0.900. The number of phenols is 1. The van der Waals surface area contributed by atoms with Crippen LogP contribution in [-0.2, 0) is 4.74 Å². The van der Waals surface area contributed by atoms with E-state index in [1.165, 1.54) is 0 Å². The molecule has 1 aliphatic heterocycles. The number of ether oxygens (including phenoxy) is 1. The van der Waals surface area contributed by atoms with Crippen LogP contribution in [0.15, 0.2) is 16.7 Å². The summed E-state index contributed by atoms with van der Waals surface area (Å²) in [4.78, 5) is 4.47. The molecule has 0 aliphatic carbocycles. The smallest absolute Gasteiger partial charge is 0.244 e. The minimum Gasteiger partial charge on any atom is -0.507 e. The first kappa shape index (κ1) is 14.0. The average molecular weight is 289 g/mol. The molecule has 21 heavy (non-hydrogen) atoms. The fourth-order valence-corrected chi connectivity index (χ4v) is 2.65. The highest BCUT2D eigenvalue weighted by Crippen LogP contribution is 2.29. The Kier molecular flexibility index (Phi) is 3.65. The first-order valence-corrected chi connectivity index (χ1v) is 6.99. The lowest BCUT2D eigenvalue weighted by atomic mass is 10.1. The van der Waals surface area contributed by atoms with E-state index in [0.717, 1.165) is 29.7 Å². The first-order chi connectivity index (χ1) is 10.1. The second kappa shape index (κ2) is 5.46. The molecule has 1 aromatic heterocycles. The van der Waals surface area contributed by atoms with E-state index in [2.05, 4.69) is 15.5 Å². The molecule has 6 heteroatoms. The molecule has 1 saturated heterocycles. The fraction of sp³-hybridized carbons (Fsp3) is 0.467. The minimum absolute atomic E-state index is 0.0375. The van der Waals surface area contributed by atoms with E-state index in [-0.39, 0.29) is 12.1 Å². The number of methoxy groups -OCH3 is 1. The van der Waals surface area contributed by atoms with E-state index < -0.39 is 0 Å². The number of benzene rings is 1. The van der Waals surface area contributed by atoms with Gasteiger partial charge in [-0.15, -0.1) is 0 Å². The predicted molar refractivity (Wildman–Crippen MR) is 77.0 cm³/mol. The van der Waals surface area contributed by atoms with Gasteiger partial charge in [0.2, 0.25) is 11.7 Å². The van der Waals surface area contributed by atoms with E-state index in [0.29, 0.717) is 17.5 Å². The molecule has 0 bridgehead atoms. The van der Waals surface area contributed by atoms with Crippen molar-refractivity contribution in [2.75, 3.05) is 13.7 Å². The molecule has 0 saturated carbocycles. The SMILES string of the molecule is COC1CNC(c2nc(-c3cc(C)c(O)c(C)c3)no2)C1. The van der Waals surface area contributed by atoms with Crippen molar-refractivity contribution >= 4 is 0 Å². The van der Waals surface area contributed by atoms with Crippen LogP contribution in [0.25, 0.3) is 11.4 Å². The summed E-state index contributed by atoms with van der Waals surface area (Å²) in [5.74, 6) is 1.43. The Bertz CT molecular complexity index is 630. The van der Waals surface area contributed by atoms with Crippen LogP contribution < -0.4 is 5.32 Å². The van der Waals surface area contributed by atoms with Crippen molar-refractivity contribution in [1.82, 2.24) is 15.5 Å². The zero-order valence-electron chi connectivity index (χ0n) is 12.4. The number of aromatic hydroxyl groups is 1. The van der Waals surface area contributed by atoms with E-state index in [1.807, 2.05) is 26.0 Å². The van der Waals surface area contributed by atoms with Crippen LogP contribution in [0, 0.1) is 13.8 Å². The summed E-state index contributed by atoms with van der Waals surface area (Å²) in [7, 11) is 1.70.